The SMILES string of the molecule is CN(C)CCOc1ccccc1C(=O)NCc1cn2cc(Cl)ccc2n1. The van der Waals surface area contributed by atoms with E-state index in [2.05, 4.69) is 10.3 Å². The summed E-state index contributed by atoms with van der Waals surface area (Å²) >= 11 is 5.98. The minimum Gasteiger partial charge on any atom is -0.491 e. The van der Waals surface area contributed by atoms with Gasteiger partial charge in [-0.3, -0.25) is 4.79 Å². The first kappa shape index (κ1) is 18.2. The fourth-order valence-electron chi connectivity index (χ4n) is 2.49. The van der Waals surface area contributed by atoms with Crippen LogP contribution in [0.2, 0.25) is 5.02 Å². The molecule has 2 aromatic heterocycles. The number of halogens is 1. The van der Waals surface area contributed by atoms with Gasteiger partial charge in [0.15, 0.2) is 0 Å². The molecule has 136 valence electrons. The summed E-state index contributed by atoms with van der Waals surface area (Å²) in [5.74, 6) is 0.383. The molecule has 3 rings (SSSR count). The zero-order valence-electron chi connectivity index (χ0n) is 14.8. The number of amides is 1. The van der Waals surface area contributed by atoms with Crippen LogP contribution in [-0.4, -0.2) is 47.4 Å². The third-order valence-electron chi connectivity index (χ3n) is 3.82. The molecule has 0 saturated carbocycles. The highest BCUT2D eigenvalue weighted by atomic mass is 35.5. The topological polar surface area (TPSA) is 58.9 Å². The van der Waals surface area contributed by atoms with Gasteiger partial charge in [-0.1, -0.05) is 23.7 Å². The van der Waals surface area contributed by atoms with Crippen molar-refractivity contribution in [1.82, 2.24) is 19.6 Å². The second-order valence-corrected chi connectivity index (χ2v) is 6.61. The molecule has 7 heteroatoms. The third kappa shape index (κ3) is 4.53. The maximum absolute atomic E-state index is 12.5. The first-order valence-electron chi connectivity index (χ1n) is 8.31. The highest BCUT2D eigenvalue weighted by molar-refractivity contribution is 6.30. The molecule has 26 heavy (non-hydrogen) atoms. The summed E-state index contributed by atoms with van der Waals surface area (Å²) in [6.45, 7) is 1.62. The van der Waals surface area contributed by atoms with Crippen molar-refractivity contribution < 1.29 is 9.53 Å². The molecular weight excluding hydrogens is 352 g/mol. The van der Waals surface area contributed by atoms with E-state index in [-0.39, 0.29) is 5.91 Å². The van der Waals surface area contributed by atoms with E-state index in [1.54, 1.807) is 24.4 Å². The van der Waals surface area contributed by atoms with E-state index in [4.69, 9.17) is 16.3 Å². The van der Waals surface area contributed by atoms with Gasteiger partial charge in [0, 0.05) is 18.9 Å². The van der Waals surface area contributed by atoms with Crippen LogP contribution in [-0.2, 0) is 6.54 Å². The van der Waals surface area contributed by atoms with Crippen LogP contribution in [0.5, 0.6) is 5.75 Å². The molecule has 0 aliphatic carbocycles. The number of pyridine rings is 1. The van der Waals surface area contributed by atoms with Crippen molar-refractivity contribution in [1.29, 1.82) is 0 Å². The molecule has 0 bridgehead atoms. The largest absolute Gasteiger partial charge is 0.491 e. The fourth-order valence-corrected chi connectivity index (χ4v) is 2.65. The molecule has 2 heterocycles. The number of carbonyl (C=O) groups is 1. The normalized spacial score (nSPS) is 11.1. The van der Waals surface area contributed by atoms with Crippen LogP contribution in [0.3, 0.4) is 0 Å². The van der Waals surface area contributed by atoms with Gasteiger partial charge in [0.05, 0.1) is 22.8 Å². The third-order valence-corrected chi connectivity index (χ3v) is 4.05. The van der Waals surface area contributed by atoms with E-state index in [1.807, 2.05) is 47.8 Å². The number of hydrogen-bond acceptors (Lipinski definition) is 4. The van der Waals surface area contributed by atoms with Crippen molar-refractivity contribution in [2.45, 2.75) is 6.54 Å². The van der Waals surface area contributed by atoms with E-state index in [0.29, 0.717) is 29.5 Å². The van der Waals surface area contributed by atoms with Crippen LogP contribution in [0.4, 0.5) is 0 Å². The zero-order valence-corrected chi connectivity index (χ0v) is 15.5. The van der Waals surface area contributed by atoms with Crippen LogP contribution in [0, 0.1) is 0 Å². The summed E-state index contributed by atoms with van der Waals surface area (Å²) in [5, 5.41) is 3.53. The van der Waals surface area contributed by atoms with Crippen LogP contribution in [0.25, 0.3) is 5.65 Å². The Morgan fingerprint density at radius 1 is 1.23 bits per heavy atom. The number of imidazole rings is 1. The van der Waals surface area contributed by atoms with Gasteiger partial charge in [-0.15, -0.1) is 0 Å². The van der Waals surface area contributed by atoms with E-state index in [0.717, 1.165) is 17.9 Å². The van der Waals surface area contributed by atoms with Crippen molar-refractivity contribution in [3.63, 3.8) is 0 Å². The first-order chi connectivity index (χ1) is 12.5. The van der Waals surface area contributed by atoms with E-state index in [9.17, 15) is 4.79 Å². The number of hydrogen-bond donors (Lipinski definition) is 1. The van der Waals surface area contributed by atoms with Crippen LogP contribution >= 0.6 is 11.6 Å². The Kier molecular flexibility index (Phi) is 5.75. The predicted molar refractivity (Wildman–Crippen MR) is 102 cm³/mol. The maximum atomic E-state index is 12.5. The molecule has 0 radical (unpaired) electrons. The maximum Gasteiger partial charge on any atom is 0.255 e. The molecule has 6 nitrogen and oxygen atoms in total. The lowest BCUT2D eigenvalue weighted by Crippen LogP contribution is -2.24. The van der Waals surface area contributed by atoms with Crippen molar-refractivity contribution in [2.24, 2.45) is 0 Å². The fraction of sp³-hybridized carbons (Fsp3) is 0.263. The van der Waals surface area contributed by atoms with Crippen LogP contribution in [0.15, 0.2) is 48.8 Å². The molecule has 0 fully saturated rings. The van der Waals surface area contributed by atoms with Gasteiger partial charge in [-0.05, 0) is 38.4 Å². The molecule has 1 aromatic carbocycles. The van der Waals surface area contributed by atoms with Gasteiger partial charge >= 0.3 is 0 Å². The summed E-state index contributed by atoms with van der Waals surface area (Å²) in [4.78, 5) is 19.0. The monoisotopic (exact) mass is 372 g/mol. The molecule has 0 spiro atoms. The minimum atomic E-state index is -0.194. The van der Waals surface area contributed by atoms with Gasteiger partial charge in [-0.25, -0.2) is 4.98 Å². The average Bonchev–Trinajstić information content (AvgIpc) is 3.01. The molecule has 0 atom stereocenters. The van der Waals surface area contributed by atoms with Gasteiger partial charge in [0.1, 0.15) is 18.0 Å². The summed E-state index contributed by atoms with van der Waals surface area (Å²) in [7, 11) is 3.95. The molecular formula is C19H21ClN4O2. The molecule has 0 aliphatic rings. The smallest absolute Gasteiger partial charge is 0.255 e. The minimum absolute atomic E-state index is 0.194. The number of rotatable bonds is 7. The number of likely N-dealkylation sites (N-methyl/N-ethyl adjacent to an activating group) is 1. The zero-order chi connectivity index (χ0) is 18.5. The highest BCUT2D eigenvalue weighted by Crippen LogP contribution is 2.18. The van der Waals surface area contributed by atoms with Crippen molar-refractivity contribution >= 4 is 23.2 Å². The summed E-state index contributed by atoms with van der Waals surface area (Å²) in [6, 6.07) is 10.9. The van der Waals surface area contributed by atoms with E-state index in [1.165, 1.54) is 0 Å². The van der Waals surface area contributed by atoms with Crippen molar-refractivity contribution in [3.05, 3.63) is 65.1 Å². The number of nitrogens with one attached hydrogen (secondary N) is 1. The number of ether oxygens (including phenoxy) is 1. The number of carbonyl (C=O) groups excluding carboxylic acids is 1. The van der Waals surface area contributed by atoms with Crippen LogP contribution in [0.1, 0.15) is 16.1 Å². The van der Waals surface area contributed by atoms with E-state index < -0.39 is 0 Å². The lowest BCUT2D eigenvalue weighted by atomic mass is 10.2. The molecule has 1 N–H and O–H groups in total. The summed E-state index contributed by atoms with van der Waals surface area (Å²) < 4.78 is 7.58. The number of para-hydroxylation sites is 1. The molecule has 1 amide bonds. The number of aromatic nitrogens is 2. The Morgan fingerprint density at radius 2 is 2.04 bits per heavy atom. The summed E-state index contributed by atoms with van der Waals surface area (Å²) in [6.07, 6.45) is 3.63. The quantitative estimate of drug-likeness (QED) is 0.692. The Balaban J connectivity index is 1.65. The number of nitrogens with zero attached hydrogens (tertiary/aromatic N) is 3. The Hall–Kier alpha value is -2.57. The molecule has 0 unspecified atom stereocenters. The first-order valence-corrected chi connectivity index (χ1v) is 8.68. The lowest BCUT2D eigenvalue weighted by molar-refractivity contribution is 0.0946. The Labute approximate surface area is 157 Å². The van der Waals surface area contributed by atoms with Gasteiger partial charge in [-0.2, -0.15) is 0 Å². The average molecular weight is 373 g/mol. The predicted octanol–water partition coefficient (Wildman–Crippen LogP) is 2.86. The summed E-state index contributed by atoms with van der Waals surface area (Å²) in [5.41, 5.74) is 2.05. The van der Waals surface area contributed by atoms with Gasteiger partial charge in [0.2, 0.25) is 0 Å². The second kappa shape index (κ2) is 8.21. The van der Waals surface area contributed by atoms with Crippen molar-refractivity contribution in [2.75, 3.05) is 27.2 Å². The molecule has 0 saturated heterocycles. The van der Waals surface area contributed by atoms with E-state index >= 15 is 0 Å². The van der Waals surface area contributed by atoms with Gasteiger partial charge < -0.3 is 19.4 Å². The highest BCUT2D eigenvalue weighted by Gasteiger charge is 2.12. The lowest BCUT2D eigenvalue weighted by Gasteiger charge is -2.13. The van der Waals surface area contributed by atoms with Crippen LogP contribution < -0.4 is 10.1 Å². The Bertz CT molecular complexity index is 907. The second-order valence-electron chi connectivity index (χ2n) is 6.18. The van der Waals surface area contributed by atoms with Gasteiger partial charge in [0.25, 0.3) is 5.91 Å². The van der Waals surface area contributed by atoms with Crippen molar-refractivity contribution in [3.8, 4) is 5.75 Å². The number of fused-ring (bicyclic) bond motifs is 1. The molecule has 0 aliphatic heterocycles. The standard InChI is InChI=1S/C19H21ClN4O2/c1-23(2)9-10-26-17-6-4-3-5-16(17)19(25)21-11-15-13-24-12-14(20)7-8-18(24)22-15/h3-8,12-13H,9-11H2,1-2H3,(H,21,25). The Morgan fingerprint density at radius 3 is 2.85 bits per heavy atom. The number of benzene rings is 1. The molecule has 3 aromatic rings.